The van der Waals surface area contributed by atoms with E-state index in [1.165, 1.54) is 20.0 Å². The third-order valence-corrected chi connectivity index (χ3v) is 3.47. The molecule has 0 spiro atoms. The summed E-state index contributed by atoms with van der Waals surface area (Å²) in [6.07, 6.45) is 2.41. The molecule has 0 radical (unpaired) electrons. The number of piperidine rings is 1. The van der Waals surface area contributed by atoms with Crippen molar-refractivity contribution in [2.45, 2.75) is 39.7 Å². The topological polar surface area (TPSA) is 41.6 Å². The Bertz CT molecular complexity index is 256. The summed E-state index contributed by atoms with van der Waals surface area (Å²) in [5.74, 6) is 1.25. The first-order valence-corrected chi connectivity index (χ1v) is 7.03. The molecule has 1 aliphatic rings. The first-order chi connectivity index (χ1) is 8.51. The van der Waals surface area contributed by atoms with Crippen molar-refractivity contribution < 1.29 is 9.53 Å². The molecule has 18 heavy (non-hydrogen) atoms. The summed E-state index contributed by atoms with van der Waals surface area (Å²) < 4.78 is 4.74. The van der Waals surface area contributed by atoms with Crippen LogP contribution in [0, 0.1) is 11.8 Å². The number of hydrogen-bond acceptors (Lipinski definition) is 4. The zero-order valence-corrected chi connectivity index (χ0v) is 12.2. The third-order valence-electron chi connectivity index (χ3n) is 3.47. The Morgan fingerprint density at radius 3 is 2.78 bits per heavy atom. The zero-order valence-electron chi connectivity index (χ0n) is 12.2. The minimum atomic E-state index is -0.134. The second-order valence-corrected chi connectivity index (χ2v) is 5.94. The predicted octanol–water partition coefficient (Wildman–Crippen LogP) is 1.51. The number of carbonyl (C=O) groups excluding carboxylic acids is 1. The number of rotatable bonds is 6. The molecule has 1 N–H and O–H groups in total. The number of nitrogens with zero attached hydrogens (tertiary/aromatic N) is 1. The lowest BCUT2D eigenvalue weighted by Crippen LogP contribution is -2.50. The molecule has 1 fully saturated rings. The van der Waals surface area contributed by atoms with E-state index in [9.17, 15) is 4.79 Å². The summed E-state index contributed by atoms with van der Waals surface area (Å²) in [6.45, 7) is 10.2. The van der Waals surface area contributed by atoms with Gasteiger partial charge in [-0.2, -0.15) is 0 Å². The zero-order chi connectivity index (χ0) is 13.5. The van der Waals surface area contributed by atoms with Gasteiger partial charge in [0.2, 0.25) is 0 Å². The Morgan fingerprint density at radius 1 is 1.44 bits per heavy atom. The Morgan fingerprint density at radius 2 is 2.17 bits per heavy atom. The highest BCUT2D eigenvalue weighted by Gasteiger charge is 2.25. The number of carbonyl (C=O) groups is 1. The lowest BCUT2D eigenvalue weighted by atomic mass is 9.95. The lowest BCUT2D eigenvalue weighted by molar-refractivity contribution is -0.142. The summed E-state index contributed by atoms with van der Waals surface area (Å²) in [5.41, 5.74) is 0. The van der Waals surface area contributed by atoms with E-state index in [1.807, 2.05) is 0 Å². The molecular weight excluding hydrogens is 228 g/mol. The average molecular weight is 256 g/mol. The fourth-order valence-electron chi connectivity index (χ4n) is 2.56. The molecule has 1 aliphatic heterocycles. The highest BCUT2D eigenvalue weighted by molar-refractivity contribution is 5.71. The first-order valence-electron chi connectivity index (χ1n) is 7.03. The molecule has 0 amide bonds. The Balaban J connectivity index is 2.33. The minimum absolute atomic E-state index is 0.134. The van der Waals surface area contributed by atoms with Crippen molar-refractivity contribution in [3.05, 3.63) is 0 Å². The van der Waals surface area contributed by atoms with E-state index >= 15 is 0 Å². The number of esters is 1. The van der Waals surface area contributed by atoms with Gasteiger partial charge in [-0.3, -0.25) is 9.69 Å². The summed E-state index contributed by atoms with van der Waals surface area (Å²) in [6, 6.07) is 0.511. The molecule has 0 bridgehead atoms. The largest absolute Gasteiger partial charge is 0.468 e. The quantitative estimate of drug-likeness (QED) is 0.731. The SMILES string of the molecule is COC(=O)CN1CC(C)CC(NCCC(C)C)C1. The van der Waals surface area contributed by atoms with Crippen molar-refractivity contribution in [3.8, 4) is 0 Å². The van der Waals surface area contributed by atoms with Crippen molar-refractivity contribution in [1.29, 1.82) is 0 Å². The minimum Gasteiger partial charge on any atom is -0.468 e. The van der Waals surface area contributed by atoms with Crippen LogP contribution in [0.5, 0.6) is 0 Å². The van der Waals surface area contributed by atoms with Gasteiger partial charge in [-0.25, -0.2) is 0 Å². The molecule has 2 unspecified atom stereocenters. The van der Waals surface area contributed by atoms with Crippen LogP contribution < -0.4 is 5.32 Å². The molecule has 2 atom stereocenters. The van der Waals surface area contributed by atoms with E-state index in [1.54, 1.807) is 0 Å². The number of likely N-dealkylation sites (tertiary alicyclic amines) is 1. The number of methoxy groups -OCH3 is 1. The van der Waals surface area contributed by atoms with Gasteiger partial charge < -0.3 is 10.1 Å². The van der Waals surface area contributed by atoms with Gasteiger partial charge in [0.25, 0.3) is 0 Å². The molecule has 106 valence electrons. The Labute approximate surface area is 111 Å². The van der Waals surface area contributed by atoms with Crippen LogP contribution in [-0.4, -0.2) is 50.2 Å². The molecule has 0 aromatic carbocycles. The van der Waals surface area contributed by atoms with Gasteiger partial charge in [-0.15, -0.1) is 0 Å². The fraction of sp³-hybridized carbons (Fsp3) is 0.929. The van der Waals surface area contributed by atoms with E-state index in [2.05, 4.69) is 31.0 Å². The molecule has 0 aromatic rings. The van der Waals surface area contributed by atoms with Crippen molar-refractivity contribution in [2.24, 2.45) is 11.8 Å². The predicted molar refractivity (Wildman–Crippen MR) is 73.5 cm³/mol. The molecule has 0 aliphatic carbocycles. The van der Waals surface area contributed by atoms with Crippen molar-refractivity contribution in [3.63, 3.8) is 0 Å². The van der Waals surface area contributed by atoms with Crippen LogP contribution in [0.4, 0.5) is 0 Å². The van der Waals surface area contributed by atoms with Gasteiger partial charge in [0.15, 0.2) is 0 Å². The van der Waals surface area contributed by atoms with Crippen LogP contribution >= 0.6 is 0 Å². The van der Waals surface area contributed by atoms with Crippen molar-refractivity contribution in [1.82, 2.24) is 10.2 Å². The molecule has 0 aromatic heterocycles. The summed E-state index contributed by atoms with van der Waals surface area (Å²) in [4.78, 5) is 13.5. The van der Waals surface area contributed by atoms with Gasteiger partial charge in [-0.05, 0) is 31.2 Å². The molecule has 1 rings (SSSR count). The second kappa shape index (κ2) is 7.74. The van der Waals surface area contributed by atoms with Crippen LogP contribution in [0.15, 0.2) is 0 Å². The molecule has 1 saturated heterocycles. The van der Waals surface area contributed by atoms with Crippen molar-refractivity contribution >= 4 is 5.97 Å². The van der Waals surface area contributed by atoms with Gasteiger partial charge in [0.05, 0.1) is 13.7 Å². The van der Waals surface area contributed by atoms with E-state index < -0.39 is 0 Å². The maximum atomic E-state index is 11.3. The number of nitrogens with one attached hydrogen (secondary N) is 1. The molecular formula is C14H28N2O2. The first kappa shape index (κ1) is 15.4. The second-order valence-electron chi connectivity index (χ2n) is 5.94. The van der Waals surface area contributed by atoms with E-state index in [4.69, 9.17) is 4.74 Å². The smallest absolute Gasteiger partial charge is 0.319 e. The fourth-order valence-corrected chi connectivity index (χ4v) is 2.56. The third kappa shape index (κ3) is 5.83. The summed E-state index contributed by atoms with van der Waals surface area (Å²) in [5, 5.41) is 3.61. The highest BCUT2D eigenvalue weighted by Crippen LogP contribution is 2.16. The summed E-state index contributed by atoms with van der Waals surface area (Å²) >= 11 is 0. The molecule has 4 heteroatoms. The van der Waals surface area contributed by atoms with Gasteiger partial charge in [0.1, 0.15) is 0 Å². The number of hydrogen-bond donors (Lipinski definition) is 1. The van der Waals surface area contributed by atoms with Crippen LogP contribution in [0.1, 0.15) is 33.6 Å². The maximum Gasteiger partial charge on any atom is 0.319 e. The van der Waals surface area contributed by atoms with Gasteiger partial charge in [-0.1, -0.05) is 20.8 Å². The Hall–Kier alpha value is -0.610. The van der Waals surface area contributed by atoms with E-state index in [0.717, 1.165) is 25.6 Å². The van der Waals surface area contributed by atoms with E-state index in [-0.39, 0.29) is 5.97 Å². The molecule has 0 saturated carbocycles. The normalized spacial score (nSPS) is 25.4. The van der Waals surface area contributed by atoms with Crippen LogP contribution in [0.2, 0.25) is 0 Å². The van der Waals surface area contributed by atoms with Crippen LogP contribution in [0.3, 0.4) is 0 Å². The monoisotopic (exact) mass is 256 g/mol. The lowest BCUT2D eigenvalue weighted by Gasteiger charge is -2.36. The maximum absolute atomic E-state index is 11.3. The molecule has 4 nitrogen and oxygen atoms in total. The van der Waals surface area contributed by atoms with Gasteiger partial charge >= 0.3 is 5.97 Å². The standard InChI is InChI=1S/C14H28N2O2/c1-11(2)5-6-15-13-7-12(3)8-16(9-13)10-14(17)18-4/h11-13,15H,5-10H2,1-4H3. The van der Waals surface area contributed by atoms with Crippen LogP contribution in [0.25, 0.3) is 0 Å². The summed E-state index contributed by atoms with van der Waals surface area (Å²) in [7, 11) is 1.45. The average Bonchev–Trinajstić information content (AvgIpc) is 2.27. The van der Waals surface area contributed by atoms with Crippen LogP contribution in [-0.2, 0) is 9.53 Å². The molecule has 1 heterocycles. The van der Waals surface area contributed by atoms with Crippen molar-refractivity contribution in [2.75, 3.05) is 33.3 Å². The number of ether oxygens (including phenoxy) is 1. The van der Waals surface area contributed by atoms with E-state index in [0.29, 0.717) is 18.5 Å². The van der Waals surface area contributed by atoms with Gasteiger partial charge in [0, 0.05) is 19.1 Å². The Kier molecular flexibility index (Phi) is 6.65. The highest BCUT2D eigenvalue weighted by atomic mass is 16.5.